The van der Waals surface area contributed by atoms with Crippen molar-refractivity contribution in [2.45, 2.75) is 53.4 Å². The molecule has 1 N–H and O–H groups in total. The van der Waals surface area contributed by atoms with E-state index in [2.05, 4.69) is 6.58 Å². The minimum Gasteiger partial charge on any atom is -0.507 e. The molecule has 0 aliphatic heterocycles. The zero-order valence-electron chi connectivity index (χ0n) is 17.7. The van der Waals surface area contributed by atoms with E-state index in [1.54, 1.807) is 24.3 Å². The summed E-state index contributed by atoms with van der Waals surface area (Å²) in [5.41, 5.74) is 1.91. The van der Waals surface area contributed by atoms with Crippen molar-refractivity contribution in [3.8, 4) is 11.5 Å². The third kappa shape index (κ3) is 7.55. The quantitative estimate of drug-likeness (QED) is 0.297. The van der Waals surface area contributed by atoms with Gasteiger partial charge in [-0.2, -0.15) is 0 Å². The maximum Gasteiger partial charge on any atom is 0.167 e. The fourth-order valence-corrected chi connectivity index (χ4v) is 2.97. The van der Waals surface area contributed by atoms with E-state index >= 15 is 0 Å². The van der Waals surface area contributed by atoms with Gasteiger partial charge in [0.05, 0.1) is 12.7 Å². The fraction of sp³-hybridized carbons (Fsp3) is 0.417. The van der Waals surface area contributed by atoms with Gasteiger partial charge in [0.25, 0.3) is 0 Å². The largest absolute Gasteiger partial charge is 0.507 e. The van der Waals surface area contributed by atoms with Crippen molar-refractivity contribution < 1.29 is 19.4 Å². The van der Waals surface area contributed by atoms with Gasteiger partial charge in [-0.15, -0.1) is 6.58 Å². The number of aromatic hydroxyl groups is 1. The van der Waals surface area contributed by atoms with Crippen LogP contribution in [0.15, 0.2) is 54.2 Å². The molecule has 4 nitrogen and oxygen atoms in total. The zero-order chi connectivity index (χ0) is 21.3. The Kier molecular flexibility index (Phi) is 8.90. The van der Waals surface area contributed by atoms with Gasteiger partial charge in [0, 0.05) is 18.9 Å². The van der Waals surface area contributed by atoms with Gasteiger partial charge in [-0.05, 0) is 57.2 Å². The standard InChI is InChI=1S/C24H32O4/c1-7-24(5,12-8-9-18(4)14-19(25)13-17(2)3)16-23(27)21-11-10-20(28-6)15-22(21)26/h7,9-11,13,15,26H,1,8,12,14,16H2,2-6H3/b18-9+/t24-/m0/s1. The number of ether oxygens (including phenoxy) is 1. The molecule has 1 aromatic rings. The number of phenols is 1. The van der Waals surface area contributed by atoms with E-state index in [0.717, 1.165) is 24.0 Å². The Balaban J connectivity index is 2.73. The van der Waals surface area contributed by atoms with Crippen LogP contribution < -0.4 is 4.74 Å². The highest BCUT2D eigenvalue weighted by Crippen LogP contribution is 2.33. The second-order valence-electron chi connectivity index (χ2n) is 7.80. The van der Waals surface area contributed by atoms with Gasteiger partial charge in [-0.3, -0.25) is 9.59 Å². The van der Waals surface area contributed by atoms with Crippen LogP contribution in [-0.4, -0.2) is 23.8 Å². The Morgan fingerprint density at radius 2 is 1.93 bits per heavy atom. The first kappa shape index (κ1) is 23.4. The van der Waals surface area contributed by atoms with Crippen LogP contribution in [0.25, 0.3) is 0 Å². The van der Waals surface area contributed by atoms with Crippen molar-refractivity contribution in [3.63, 3.8) is 0 Å². The van der Waals surface area contributed by atoms with Crippen LogP contribution in [0.5, 0.6) is 11.5 Å². The molecule has 0 unspecified atom stereocenters. The molecular weight excluding hydrogens is 352 g/mol. The molecule has 1 atom stereocenters. The molecule has 1 aromatic carbocycles. The van der Waals surface area contributed by atoms with Crippen LogP contribution in [0, 0.1) is 5.41 Å². The average Bonchev–Trinajstić information content (AvgIpc) is 2.60. The number of hydrogen-bond acceptors (Lipinski definition) is 4. The summed E-state index contributed by atoms with van der Waals surface area (Å²) in [5.74, 6) is 0.389. The molecule has 0 saturated heterocycles. The third-order valence-corrected chi connectivity index (χ3v) is 4.67. The van der Waals surface area contributed by atoms with E-state index in [1.807, 2.05) is 33.8 Å². The van der Waals surface area contributed by atoms with Gasteiger partial charge in [0.15, 0.2) is 11.6 Å². The molecule has 0 aliphatic carbocycles. The monoisotopic (exact) mass is 384 g/mol. The predicted molar refractivity (Wildman–Crippen MR) is 114 cm³/mol. The maximum absolute atomic E-state index is 12.7. The molecule has 0 aliphatic rings. The van der Waals surface area contributed by atoms with Gasteiger partial charge < -0.3 is 9.84 Å². The number of carbonyl (C=O) groups excluding carboxylic acids is 2. The molecule has 0 saturated carbocycles. The fourth-order valence-electron chi connectivity index (χ4n) is 2.97. The smallest absolute Gasteiger partial charge is 0.167 e. The number of ketones is 2. The first-order valence-corrected chi connectivity index (χ1v) is 9.47. The maximum atomic E-state index is 12.7. The van der Waals surface area contributed by atoms with Crippen LogP contribution in [0.2, 0.25) is 0 Å². The van der Waals surface area contributed by atoms with E-state index < -0.39 is 5.41 Å². The molecule has 0 amide bonds. The number of rotatable bonds is 11. The van der Waals surface area contributed by atoms with Gasteiger partial charge in [0.2, 0.25) is 0 Å². The molecule has 1 rings (SSSR count). The zero-order valence-corrected chi connectivity index (χ0v) is 17.7. The highest BCUT2D eigenvalue weighted by atomic mass is 16.5. The predicted octanol–water partition coefficient (Wildman–Crippen LogP) is 5.82. The van der Waals surface area contributed by atoms with Crippen molar-refractivity contribution in [1.82, 2.24) is 0 Å². The highest BCUT2D eigenvalue weighted by Gasteiger charge is 2.25. The molecule has 0 fully saturated rings. The lowest BCUT2D eigenvalue weighted by atomic mass is 9.79. The normalized spacial score (nSPS) is 13.4. The summed E-state index contributed by atoms with van der Waals surface area (Å²) in [5, 5.41) is 10.1. The Morgan fingerprint density at radius 1 is 1.25 bits per heavy atom. The van der Waals surface area contributed by atoms with Crippen molar-refractivity contribution in [3.05, 3.63) is 59.7 Å². The second-order valence-corrected chi connectivity index (χ2v) is 7.80. The number of hydrogen-bond donors (Lipinski definition) is 1. The lowest BCUT2D eigenvalue weighted by molar-refractivity contribution is -0.114. The first-order valence-electron chi connectivity index (χ1n) is 9.47. The van der Waals surface area contributed by atoms with Gasteiger partial charge in [0.1, 0.15) is 11.5 Å². The van der Waals surface area contributed by atoms with E-state index in [1.165, 1.54) is 13.2 Å². The highest BCUT2D eigenvalue weighted by molar-refractivity contribution is 5.99. The topological polar surface area (TPSA) is 63.6 Å². The molecular formula is C24H32O4. The number of carbonyl (C=O) groups is 2. The van der Waals surface area contributed by atoms with Crippen LogP contribution in [0.1, 0.15) is 63.7 Å². The van der Waals surface area contributed by atoms with Crippen molar-refractivity contribution in [1.29, 1.82) is 0 Å². The lowest BCUT2D eigenvalue weighted by Crippen LogP contribution is -2.18. The molecule has 0 spiro atoms. The Labute approximate surface area is 168 Å². The number of phenolic OH excluding ortho intramolecular Hbond substituents is 1. The van der Waals surface area contributed by atoms with E-state index in [4.69, 9.17) is 4.74 Å². The summed E-state index contributed by atoms with van der Waals surface area (Å²) in [6, 6.07) is 4.68. The summed E-state index contributed by atoms with van der Waals surface area (Å²) in [6.45, 7) is 11.6. The summed E-state index contributed by atoms with van der Waals surface area (Å²) < 4.78 is 5.05. The molecule has 152 valence electrons. The lowest BCUT2D eigenvalue weighted by Gasteiger charge is -2.24. The third-order valence-electron chi connectivity index (χ3n) is 4.67. The Hall–Kier alpha value is -2.62. The summed E-state index contributed by atoms with van der Waals surface area (Å²) in [7, 11) is 1.51. The minimum absolute atomic E-state index is 0.0794. The molecule has 28 heavy (non-hydrogen) atoms. The molecule has 0 aromatic heterocycles. The van der Waals surface area contributed by atoms with Gasteiger partial charge in [-0.25, -0.2) is 0 Å². The summed E-state index contributed by atoms with van der Waals surface area (Å²) in [4.78, 5) is 24.5. The molecule has 0 radical (unpaired) electrons. The van der Waals surface area contributed by atoms with E-state index in [0.29, 0.717) is 12.2 Å². The van der Waals surface area contributed by atoms with Crippen molar-refractivity contribution in [2.75, 3.05) is 7.11 Å². The molecule has 0 bridgehead atoms. The van der Waals surface area contributed by atoms with Crippen LogP contribution in [0.3, 0.4) is 0 Å². The second kappa shape index (κ2) is 10.6. The Bertz CT molecular complexity index is 782. The summed E-state index contributed by atoms with van der Waals surface area (Å²) in [6.07, 6.45) is 7.64. The van der Waals surface area contributed by atoms with E-state index in [-0.39, 0.29) is 29.3 Å². The van der Waals surface area contributed by atoms with Crippen LogP contribution >= 0.6 is 0 Å². The summed E-state index contributed by atoms with van der Waals surface area (Å²) >= 11 is 0. The van der Waals surface area contributed by atoms with Crippen molar-refractivity contribution >= 4 is 11.6 Å². The van der Waals surface area contributed by atoms with Gasteiger partial charge in [-0.1, -0.05) is 30.2 Å². The number of benzene rings is 1. The average molecular weight is 385 g/mol. The number of methoxy groups -OCH3 is 1. The molecule has 4 heteroatoms. The minimum atomic E-state index is -0.399. The van der Waals surface area contributed by atoms with E-state index in [9.17, 15) is 14.7 Å². The van der Waals surface area contributed by atoms with Crippen LogP contribution in [-0.2, 0) is 4.79 Å². The number of allylic oxidation sites excluding steroid dienone is 5. The van der Waals surface area contributed by atoms with Crippen LogP contribution in [0.4, 0.5) is 0 Å². The first-order chi connectivity index (χ1) is 13.1. The van der Waals surface area contributed by atoms with Gasteiger partial charge >= 0.3 is 0 Å². The number of Topliss-reactive ketones (excluding diaryl/α,β-unsaturated/α-hetero) is 1. The molecule has 0 heterocycles. The van der Waals surface area contributed by atoms with Crippen molar-refractivity contribution in [2.24, 2.45) is 5.41 Å². The Morgan fingerprint density at radius 3 is 2.46 bits per heavy atom. The SMILES string of the molecule is C=C[C@@](C)(CC/C=C(\C)CC(=O)C=C(C)C)CC(=O)c1ccc(OC)cc1O.